The van der Waals surface area contributed by atoms with E-state index < -0.39 is 0 Å². The monoisotopic (exact) mass is 262 g/mol. The van der Waals surface area contributed by atoms with Crippen molar-refractivity contribution in [1.82, 2.24) is 10.2 Å². The Labute approximate surface area is 116 Å². The molecular formula is C16H26N2O. The van der Waals surface area contributed by atoms with Crippen molar-refractivity contribution in [3.8, 4) is 0 Å². The Kier molecular flexibility index (Phi) is 5.37. The molecule has 3 unspecified atom stereocenters. The molecule has 0 aliphatic carbocycles. The Morgan fingerprint density at radius 1 is 1.37 bits per heavy atom. The van der Waals surface area contributed by atoms with Crippen molar-refractivity contribution in [3.63, 3.8) is 0 Å². The van der Waals surface area contributed by atoms with Gasteiger partial charge in [0.1, 0.15) is 0 Å². The smallest absolute Gasteiger partial charge is 0.0615 e. The fourth-order valence-corrected chi connectivity index (χ4v) is 2.94. The molecule has 0 bridgehead atoms. The number of rotatable bonds is 5. The van der Waals surface area contributed by atoms with Gasteiger partial charge in [-0.3, -0.25) is 4.90 Å². The molecule has 1 aliphatic heterocycles. The van der Waals surface area contributed by atoms with E-state index in [9.17, 15) is 0 Å². The predicted molar refractivity (Wildman–Crippen MR) is 79.4 cm³/mol. The number of benzene rings is 1. The minimum absolute atomic E-state index is 0.475. The Balaban J connectivity index is 2.03. The molecule has 3 nitrogen and oxygen atoms in total. The average Bonchev–Trinajstić information content (AvgIpc) is 2.42. The maximum atomic E-state index is 5.33. The summed E-state index contributed by atoms with van der Waals surface area (Å²) in [4.78, 5) is 2.59. The van der Waals surface area contributed by atoms with E-state index >= 15 is 0 Å². The second-order valence-electron chi connectivity index (χ2n) is 5.65. The van der Waals surface area contributed by atoms with Gasteiger partial charge in [-0.1, -0.05) is 30.3 Å². The molecule has 19 heavy (non-hydrogen) atoms. The molecule has 1 aliphatic rings. The first-order valence-electron chi connectivity index (χ1n) is 7.22. The zero-order valence-electron chi connectivity index (χ0n) is 12.3. The lowest BCUT2D eigenvalue weighted by Gasteiger charge is -2.42. The van der Waals surface area contributed by atoms with Crippen LogP contribution >= 0.6 is 0 Å². The normalized spacial score (nSPS) is 26.3. The number of hydrogen-bond acceptors (Lipinski definition) is 3. The molecule has 0 radical (unpaired) electrons. The van der Waals surface area contributed by atoms with Gasteiger partial charge < -0.3 is 10.1 Å². The van der Waals surface area contributed by atoms with Crippen LogP contribution in [-0.4, -0.2) is 49.8 Å². The third kappa shape index (κ3) is 4.03. The standard InChI is InChI=1S/C16H26N2O/c1-13-11-18(14(2)12-19-3)16(10-17-13)9-15-7-5-4-6-8-15/h4-8,13-14,16-17H,9-12H2,1-3H3. The third-order valence-electron chi connectivity index (χ3n) is 3.94. The molecule has 0 saturated carbocycles. The van der Waals surface area contributed by atoms with Gasteiger partial charge in [-0.2, -0.15) is 0 Å². The van der Waals surface area contributed by atoms with Crippen molar-refractivity contribution in [2.24, 2.45) is 0 Å². The highest BCUT2D eigenvalue weighted by atomic mass is 16.5. The van der Waals surface area contributed by atoms with Gasteiger partial charge in [0.15, 0.2) is 0 Å². The summed E-state index contributed by atoms with van der Waals surface area (Å²) in [5.74, 6) is 0. The van der Waals surface area contributed by atoms with Crippen molar-refractivity contribution in [2.45, 2.75) is 38.4 Å². The van der Waals surface area contributed by atoms with E-state index in [-0.39, 0.29) is 0 Å². The van der Waals surface area contributed by atoms with Gasteiger partial charge in [-0.15, -0.1) is 0 Å². The topological polar surface area (TPSA) is 24.5 Å². The largest absolute Gasteiger partial charge is 0.383 e. The zero-order valence-corrected chi connectivity index (χ0v) is 12.3. The van der Waals surface area contributed by atoms with Crippen molar-refractivity contribution in [3.05, 3.63) is 35.9 Å². The van der Waals surface area contributed by atoms with E-state index in [1.165, 1.54) is 5.56 Å². The first-order valence-corrected chi connectivity index (χ1v) is 7.22. The molecule has 1 fully saturated rings. The van der Waals surface area contributed by atoms with Gasteiger partial charge in [0.2, 0.25) is 0 Å². The molecule has 0 aromatic heterocycles. The summed E-state index contributed by atoms with van der Waals surface area (Å²) in [6.07, 6.45) is 1.11. The van der Waals surface area contributed by atoms with E-state index in [0.717, 1.165) is 26.1 Å². The first kappa shape index (κ1) is 14.5. The Morgan fingerprint density at radius 2 is 2.11 bits per heavy atom. The summed E-state index contributed by atoms with van der Waals surface area (Å²) in [7, 11) is 1.79. The van der Waals surface area contributed by atoms with Crippen LogP contribution in [0.1, 0.15) is 19.4 Å². The van der Waals surface area contributed by atoms with Crippen LogP contribution in [0.3, 0.4) is 0 Å². The van der Waals surface area contributed by atoms with Crippen LogP contribution in [0.5, 0.6) is 0 Å². The number of hydrogen-bond donors (Lipinski definition) is 1. The van der Waals surface area contributed by atoms with Crippen LogP contribution < -0.4 is 5.32 Å². The molecule has 3 heteroatoms. The molecule has 2 rings (SSSR count). The second kappa shape index (κ2) is 7.04. The van der Waals surface area contributed by atoms with Gasteiger partial charge in [-0.25, -0.2) is 0 Å². The summed E-state index contributed by atoms with van der Waals surface area (Å²) < 4.78 is 5.33. The van der Waals surface area contributed by atoms with Gasteiger partial charge in [0, 0.05) is 38.3 Å². The minimum Gasteiger partial charge on any atom is -0.383 e. The quantitative estimate of drug-likeness (QED) is 0.877. The van der Waals surface area contributed by atoms with Crippen molar-refractivity contribution in [2.75, 3.05) is 26.8 Å². The van der Waals surface area contributed by atoms with Crippen molar-refractivity contribution < 1.29 is 4.74 Å². The molecule has 1 saturated heterocycles. The maximum absolute atomic E-state index is 5.33. The van der Waals surface area contributed by atoms with Crippen LogP contribution in [0.25, 0.3) is 0 Å². The Hall–Kier alpha value is -0.900. The minimum atomic E-state index is 0.475. The first-order chi connectivity index (χ1) is 9.20. The van der Waals surface area contributed by atoms with Gasteiger partial charge in [0.05, 0.1) is 6.61 Å². The molecule has 0 spiro atoms. The highest BCUT2D eigenvalue weighted by Gasteiger charge is 2.29. The highest BCUT2D eigenvalue weighted by molar-refractivity contribution is 5.16. The highest BCUT2D eigenvalue weighted by Crippen LogP contribution is 2.16. The molecule has 1 aromatic carbocycles. The predicted octanol–water partition coefficient (Wildman–Crippen LogP) is 1.93. The third-order valence-corrected chi connectivity index (χ3v) is 3.94. The molecule has 0 amide bonds. The summed E-state index contributed by atoms with van der Waals surface area (Å²) in [5.41, 5.74) is 1.42. The molecule has 1 heterocycles. The SMILES string of the molecule is COCC(C)N1CC(C)NCC1Cc1ccccc1. The van der Waals surface area contributed by atoms with Gasteiger partial charge in [0.25, 0.3) is 0 Å². The lowest BCUT2D eigenvalue weighted by molar-refractivity contribution is 0.0438. The van der Waals surface area contributed by atoms with E-state index in [4.69, 9.17) is 4.74 Å². The number of piperazine rings is 1. The van der Waals surface area contributed by atoms with Crippen LogP contribution in [0, 0.1) is 0 Å². The molecular weight excluding hydrogens is 236 g/mol. The van der Waals surface area contributed by atoms with Crippen LogP contribution in [0.4, 0.5) is 0 Å². The Morgan fingerprint density at radius 3 is 2.79 bits per heavy atom. The number of nitrogens with one attached hydrogen (secondary N) is 1. The van der Waals surface area contributed by atoms with Crippen LogP contribution in [0.2, 0.25) is 0 Å². The van der Waals surface area contributed by atoms with Gasteiger partial charge in [-0.05, 0) is 25.8 Å². The lowest BCUT2D eigenvalue weighted by atomic mass is 9.99. The maximum Gasteiger partial charge on any atom is 0.0615 e. The Bertz CT molecular complexity index is 368. The van der Waals surface area contributed by atoms with E-state index in [0.29, 0.717) is 18.1 Å². The average molecular weight is 262 g/mol. The summed E-state index contributed by atoms with van der Waals surface area (Å²) in [6, 6.07) is 12.4. The van der Waals surface area contributed by atoms with Crippen LogP contribution in [-0.2, 0) is 11.2 Å². The van der Waals surface area contributed by atoms with Crippen molar-refractivity contribution >= 4 is 0 Å². The molecule has 3 atom stereocenters. The van der Waals surface area contributed by atoms with Crippen LogP contribution in [0.15, 0.2) is 30.3 Å². The molecule has 106 valence electrons. The molecule has 1 aromatic rings. The van der Waals surface area contributed by atoms with E-state index in [2.05, 4.69) is 54.4 Å². The molecule has 1 N–H and O–H groups in total. The number of methoxy groups -OCH3 is 1. The number of nitrogens with zero attached hydrogens (tertiary/aromatic N) is 1. The summed E-state index contributed by atoms with van der Waals surface area (Å²) in [6.45, 7) is 7.48. The summed E-state index contributed by atoms with van der Waals surface area (Å²) in [5, 5.41) is 3.60. The fourth-order valence-electron chi connectivity index (χ4n) is 2.94. The second-order valence-corrected chi connectivity index (χ2v) is 5.65. The van der Waals surface area contributed by atoms with E-state index in [1.54, 1.807) is 7.11 Å². The zero-order chi connectivity index (χ0) is 13.7. The lowest BCUT2D eigenvalue weighted by Crippen LogP contribution is -2.59. The van der Waals surface area contributed by atoms with Gasteiger partial charge >= 0.3 is 0 Å². The number of ether oxygens (including phenoxy) is 1. The fraction of sp³-hybridized carbons (Fsp3) is 0.625. The van der Waals surface area contributed by atoms with E-state index in [1.807, 2.05) is 0 Å². The van der Waals surface area contributed by atoms with Crippen molar-refractivity contribution in [1.29, 1.82) is 0 Å². The summed E-state index contributed by atoms with van der Waals surface area (Å²) >= 11 is 0.